The molecule has 1 unspecified atom stereocenters. The average Bonchev–Trinajstić information content (AvgIpc) is 2.23. The highest BCUT2D eigenvalue weighted by Crippen LogP contribution is 2.16. The number of hydrogen-bond acceptors (Lipinski definition) is 3. The van der Waals surface area contributed by atoms with Crippen LogP contribution in [0.2, 0.25) is 0 Å². The number of ether oxygens (including phenoxy) is 1. The van der Waals surface area contributed by atoms with Crippen molar-refractivity contribution >= 4 is 0 Å². The first kappa shape index (κ1) is 14.8. The third-order valence-corrected chi connectivity index (χ3v) is 3.17. The number of nitrogens with one attached hydrogen (secondary N) is 1. The number of piperazine rings is 1. The van der Waals surface area contributed by atoms with E-state index in [4.69, 9.17) is 4.74 Å². The summed E-state index contributed by atoms with van der Waals surface area (Å²) in [5.74, 6) is 0. The molecule has 0 radical (unpaired) electrons. The van der Waals surface area contributed by atoms with Crippen LogP contribution in [0.4, 0.5) is 8.78 Å². The lowest BCUT2D eigenvalue weighted by Crippen LogP contribution is -2.61. The molecule has 1 atom stereocenters. The van der Waals surface area contributed by atoms with Gasteiger partial charge in [0.1, 0.15) is 6.61 Å². The first-order valence-corrected chi connectivity index (χ1v) is 6.29. The van der Waals surface area contributed by atoms with Crippen LogP contribution in [0.1, 0.15) is 27.2 Å². The molecule has 3 nitrogen and oxygen atoms in total. The molecule has 102 valence electrons. The van der Waals surface area contributed by atoms with E-state index in [0.29, 0.717) is 12.6 Å². The lowest BCUT2D eigenvalue weighted by Gasteiger charge is -2.44. The number of hydrogen-bond donors (Lipinski definition) is 1. The summed E-state index contributed by atoms with van der Waals surface area (Å²) in [5, 5.41) is 3.50. The Kier molecular flexibility index (Phi) is 5.76. The van der Waals surface area contributed by atoms with Crippen molar-refractivity contribution in [2.24, 2.45) is 0 Å². The summed E-state index contributed by atoms with van der Waals surface area (Å²) in [7, 11) is 0. The lowest BCUT2D eigenvalue weighted by molar-refractivity contribution is -0.00289. The van der Waals surface area contributed by atoms with E-state index in [0.717, 1.165) is 26.1 Å². The fourth-order valence-electron chi connectivity index (χ4n) is 2.23. The molecule has 1 aliphatic rings. The van der Waals surface area contributed by atoms with Crippen LogP contribution in [0.5, 0.6) is 0 Å². The van der Waals surface area contributed by atoms with Crippen LogP contribution in [0.15, 0.2) is 0 Å². The van der Waals surface area contributed by atoms with E-state index >= 15 is 0 Å². The second-order valence-electron chi connectivity index (χ2n) is 5.26. The fraction of sp³-hybridized carbons (Fsp3) is 1.00. The summed E-state index contributed by atoms with van der Waals surface area (Å²) in [6.45, 7) is 9.02. The third-order valence-electron chi connectivity index (χ3n) is 3.17. The Morgan fingerprint density at radius 2 is 2.18 bits per heavy atom. The van der Waals surface area contributed by atoms with Gasteiger partial charge in [-0.3, -0.25) is 4.90 Å². The van der Waals surface area contributed by atoms with Gasteiger partial charge in [-0.15, -0.1) is 0 Å². The first-order chi connectivity index (χ1) is 7.94. The van der Waals surface area contributed by atoms with Crippen molar-refractivity contribution in [1.82, 2.24) is 10.2 Å². The number of alkyl halides is 2. The van der Waals surface area contributed by atoms with Gasteiger partial charge in [0, 0.05) is 31.2 Å². The van der Waals surface area contributed by atoms with Crippen molar-refractivity contribution in [1.29, 1.82) is 0 Å². The quantitative estimate of drug-likeness (QED) is 0.727. The normalized spacial score (nSPS) is 25.4. The molecule has 5 heteroatoms. The molecule has 0 amide bonds. The molecule has 1 heterocycles. The summed E-state index contributed by atoms with van der Waals surface area (Å²) in [5.41, 5.74) is 0.0917. The van der Waals surface area contributed by atoms with E-state index in [1.54, 1.807) is 0 Å². The minimum atomic E-state index is -2.36. The van der Waals surface area contributed by atoms with E-state index in [9.17, 15) is 8.78 Å². The number of halogens is 2. The Bertz CT molecular complexity index is 225. The summed E-state index contributed by atoms with van der Waals surface area (Å²) in [4.78, 5) is 2.34. The van der Waals surface area contributed by atoms with Crippen molar-refractivity contribution in [2.45, 2.75) is 45.2 Å². The minimum Gasteiger partial charge on any atom is -0.374 e. The molecule has 17 heavy (non-hydrogen) atoms. The van der Waals surface area contributed by atoms with Crippen molar-refractivity contribution in [3.05, 3.63) is 0 Å². The third kappa shape index (κ3) is 5.27. The van der Waals surface area contributed by atoms with E-state index in [1.165, 1.54) is 0 Å². The molecule has 1 aliphatic heterocycles. The van der Waals surface area contributed by atoms with Crippen LogP contribution in [0.3, 0.4) is 0 Å². The smallest absolute Gasteiger partial charge is 0.261 e. The van der Waals surface area contributed by atoms with Crippen LogP contribution in [-0.4, -0.2) is 55.8 Å². The van der Waals surface area contributed by atoms with Gasteiger partial charge >= 0.3 is 0 Å². The summed E-state index contributed by atoms with van der Waals surface area (Å²) in [6, 6.07) is 0.484. The first-order valence-electron chi connectivity index (χ1n) is 6.29. The highest BCUT2D eigenvalue weighted by molar-refractivity contribution is 4.91. The van der Waals surface area contributed by atoms with Crippen molar-refractivity contribution in [2.75, 3.05) is 32.8 Å². The molecule has 0 aliphatic carbocycles. The molecule has 0 aromatic carbocycles. The highest BCUT2D eigenvalue weighted by atomic mass is 19.3. The zero-order chi connectivity index (χ0) is 12.9. The van der Waals surface area contributed by atoms with Gasteiger partial charge in [0.2, 0.25) is 0 Å². The summed E-state index contributed by atoms with van der Waals surface area (Å²) >= 11 is 0. The Balaban J connectivity index is 2.32. The molecular weight excluding hydrogens is 226 g/mol. The Hall–Kier alpha value is -0.260. The van der Waals surface area contributed by atoms with Gasteiger partial charge in [-0.2, -0.15) is 0 Å². The molecule has 1 N–H and O–H groups in total. The predicted octanol–water partition coefficient (Wildman–Crippen LogP) is 1.73. The van der Waals surface area contributed by atoms with E-state index in [-0.39, 0.29) is 5.54 Å². The van der Waals surface area contributed by atoms with E-state index in [2.05, 4.69) is 31.0 Å². The lowest BCUT2D eigenvalue weighted by atomic mass is 9.98. The zero-order valence-corrected chi connectivity index (χ0v) is 11.0. The van der Waals surface area contributed by atoms with Gasteiger partial charge in [0.05, 0.1) is 6.61 Å². The Labute approximate surface area is 103 Å². The van der Waals surface area contributed by atoms with Crippen LogP contribution in [-0.2, 0) is 4.74 Å². The second-order valence-corrected chi connectivity index (χ2v) is 5.26. The standard InChI is InChI=1S/C12H24F2N2O/c1-4-10-7-15-12(2,3)9-16(10)5-6-17-8-11(13)14/h10-11,15H,4-9H2,1-3H3. The van der Waals surface area contributed by atoms with Crippen LogP contribution in [0.25, 0.3) is 0 Å². The molecule has 0 saturated carbocycles. The van der Waals surface area contributed by atoms with Gasteiger partial charge in [-0.1, -0.05) is 6.92 Å². The number of rotatable bonds is 6. The average molecular weight is 250 g/mol. The zero-order valence-electron chi connectivity index (χ0n) is 11.0. The molecule has 1 fully saturated rings. The SMILES string of the molecule is CCC1CNC(C)(C)CN1CCOCC(F)F. The summed E-state index contributed by atoms with van der Waals surface area (Å²) in [6.07, 6.45) is -1.30. The monoisotopic (exact) mass is 250 g/mol. The predicted molar refractivity (Wildman–Crippen MR) is 64.6 cm³/mol. The van der Waals surface area contributed by atoms with Crippen LogP contribution < -0.4 is 5.32 Å². The highest BCUT2D eigenvalue weighted by Gasteiger charge is 2.31. The topological polar surface area (TPSA) is 24.5 Å². The van der Waals surface area contributed by atoms with E-state index in [1.807, 2.05) is 0 Å². The molecule has 0 spiro atoms. The molecule has 0 bridgehead atoms. The van der Waals surface area contributed by atoms with Gasteiger partial charge in [0.15, 0.2) is 0 Å². The van der Waals surface area contributed by atoms with Gasteiger partial charge in [-0.05, 0) is 20.3 Å². The van der Waals surface area contributed by atoms with Crippen molar-refractivity contribution in [3.8, 4) is 0 Å². The van der Waals surface area contributed by atoms with Gasteiger partial charge < -0.3 is 10.1 Å². The molecule has 0 aromatic rings. The maximum Gasteiger partial charge on any atom is 0.261 e. The molecule has 1 rings (SSSR count). The van der Waals surface area contributed by atoms with Crippen LogP contribution >= 0.6 is 0 Å². The second kappa shape index (κ2) is 6.61. The Morgan fingerprint density at radius 1 is 1.47 bits per heavy atom. The number of nitrogens with zero attached hydrogens (tertiary/aromatic N) is 1. The minimum absolute atomic E-state index is 0.0917. The maximum absolute atomic E-state index is 11.9. The summed E-state index contributed by atoms with van der Waals surface area (Å²) < 4.78 is 28.8. The molecule has 0 aromatic heterocycles. The van der Waals surface area contributed by atoms with Crippen molar-refractivity contribution < 1.29 is 13.5 Å². The van der Waals surface area contributed by atoms with Gasteiger partial charge in [0.25, 0.3) is 6.43 Å². The van der Waals surface area contributed by atoms with E-state index < -0.39 is 13.0 Å². The maximum atomic E-state index is 11.9. The molecular formula is C12H24F2N2O. The van der Waals surface area contributed by atoms with Crippen molar-refractivity contribution in [3.63, 3.8) is 0 Å². The Morgan fingerprint density at radius 3 is 2.76 bits per heavy atom. The fourth-order valence-corrected chi connectivity index (χ4v) is 2.23. The van der Waals surface area contributed by atoms with Crippen LogP contribution in [0, 0.1) is 0 Å². The van der Waals surface area contributed by atoms with Gasteiger partial charge in [-0.25, -0.2) is 8.78 Å². The largest absolute Gasteiger partial charge is 0.374 e. The molecule has 1 saturated heterocycles.